The molecule has 0 aliphatic carbocycles. The molecule has 0 bridgehead atoms. The maximum Gasteiger partial charge on any atom is 0.333 e. The van der Waals surface area contributed by atoms with Crippen LogP contribution in [0.4, 0.5) is 4.39 Å². The van der Waals surface area contributed by atoms with Crippen LogP contribution in [0, 0.1) is 12.7 Å². The molecule has 0 saturated carbocycles. The summed E-state index contributed by atoms with van der Waals surface area (Å²) in [7, 11) is -3.97. The SMILES string of the molecule is Cc1c(F)cccc1COS(N)(=O)=O. The van der Waals surface area contributed by atoms with Crippen LogP contribution in [0.5, 0.6) is 0 Å². The lowest BCUT2D eigenvalue weighted by molar-refractivity contribution is 0.307. The average molecular weight is 219 g/mol. The summed E-state index contributed by atoms with van der Waals surface area (Å²) >= 11 is 0. The predicted octanol–water partition coefficient (Wildman–Crippen LogP) is 0.854. The Morgan fingerprint density at radius 1 is 1.50 bits per heavy atom. The monoisotopic (exact) mass is 219 g/mol. The minimum atomic E-state index is -3.97. The van der Waals surface area contributed by atoms with Gasteiger partial charge in [-0.05, 0) is 24.1 Å². The first-order valence-electron chi connectivity index (χ1n) is 3.81. The number of rotatable bonds is 3. The zero-order valence-corrected chi connectivity index (χ0v) is 8.34. The average Bonchev–Trinajstić information content (AvgIpc) is 2.06. The van der Waals surface area contributed by atoms with E-state index in [4.69, 9.17) is 0 Å². The first kappa shape index (κ1) is 11.1. The molecule has 78 valence electrons. The van der Waals surface area contributed by atoms with E-state index in [1.54, 1.807) is 6.07 Å². The summed E-state index contributed by atoms with van der Waals surface area (Å²) in [6, 6.07) is 4.34. The second-order valence-corrected chi connectivity index (χ2v) is 4.00. The van der Waals surface area contributed by atoms with E-state index in [0.717, 1.165) is 0 Å². The number of nitrogens with two attached hydrogens (primary N) is 1. The van der Waals surface area contributed by atoms with Crippen molar-refractivity contribution in [1.82, 2.24) is 0 Å². The molecule has 0 unspecified atom stereocenters. The van der Waals surface area contributed by atoms with Gasteiger partial charge in [-0.15, -0.1) is 0 Å². The molecule has 1 aromatic rings. The van der Waals surface area contributed by atoms with Crippen molar-refractivity contribution >= 4 is 10.3 Å². The Morgan fingerprint density at radius 2 is 2.14 bits per heavy atom. The van der Waals surface area contributed by atoms with Crippen LogP contribution in [0.15, 0.2) is 18.2 Å². The van der Waals surface area contributed by atoms with E-state index in [1.807, 2.05) is 0 Å². The summed E-state index contributed by atoms with van der Waals surface area (Å²) in [5.41, 5.74) is 0.815. The van der Waals surface area contributed by atoms with Crippen LogP contribution in [-0.4, -0.2) is 8.42 Å². The summed E-state index contributed by atoms with van der Waals surface area (Å²) in [4.78, 5) is 0. The van der Waals surface area contributed by atoms with Gasteiger partial charge in [0, 0.05) is 0 Å². The largest absolute Gasteiger partial charge is 0.333 e. The van der Waals surface area contributed by atoms with Gasteiger partial charge < -0.3 is 0 Å². The van der Waals surface area contributed by atoms with Crippen molar-refractivity contribution in [3.63, 3.8) is 0 Å². The molecule has 6 heteroatoms. The van der Waals surface area contributed by atoms with Crippen molar-refractivity contribution in [3.05, 3.63) is 35.1 Å². The molecule has 0 amide bonds. The van der Waals surface area contributed by atoms with Gasteiger partial charge in [0.15, 0.2) is 0 Å². The molecule has 0 aliphatic rings. The smallest absolute Gasteiger partial charge is 0.253 e. The van der Waals surface area contributed by atoms with Crippen LogP contribution in [0.1, 0.15) is 11.1 Å². The lowest BCUT2D eigenvalue weighted by atomic mass is 10.1. The van der Waals surface area contributed by atoms with E-state index in [-0.39, 0.29) is 6.61 Å². The maximum absolute atomic E-state index is 13.0. The Hall–Kier alpha value is -0.980. The Labute approximate surface area is 81.8 Å². The molecular weight excluding hydrogens is 209 g/mol. The van der Waals surface area contributed by atoms with Gasteiger partial charge in [-0.1, -0.05) is 12.1 Å². The van der Waals surface area contributed by atoms with Gasteiger partial charge in [-0.25, -0.2) is 9.53 Å². The fourth-order valence-corrected chi connectivity index (χ4v) is 1.25. The molecule has 0 heterocycles. The van der Waals surface area contributed by atoms with E-state index in [2.05, 4.69) is 9.32 Å². The number of halogens is 1. The molecule has 4 nitrogen and oxygen atoms in total. The van der Waals surface area contributed by atoms with Crippen LogP contribution < -0.4 is 5.14 Å². The standard InChI is InChI=1S/C8H10FNO3S/c1-6-7(3-2-4-8(6)9)5-13-14(10,11)12/h2-4H,5H2,1H3,(H2,10,11,12). The Morgan fingerprint density at radius 3 is 2.71 bits per heavy atom. The van der Waals surface area contributed by atoms with Gasteiger partial charge in [-0.3, -0.25) is 4.18 Å². The highest BCUT2D eigenvalue weighted by Gasteiger charge is 2.07. The fraction of sp³-hybridized carbons (Fsp3) is 0.250. The van der Waals surface area contributed by atoms with E-state index in [9.17, 15) is 12.8 Å². The topological polar surface area (TPSA) is 69.4 Å². The van der Waals surface area contributed by atoms with Gasteiger partial charge in [0.2, 0.25) is 0 Å². The maximum atomic E-state index is 13.0. The normalized spacial score (nSPS) is 11.6. The summed E-state index contributed by atoms with van der Waals surface area (Å²) in [6.45, 7) is 1.29. The number of benzene rings is 1. The quantitative estimate of drug-likeness (QED) is 0.819. The second-order valence-electron chi connectivity index (χ2n) is 2.78. The molecule has 14 heavy (non-hydrogen) atoms. The molecule has 2 N–H and O–H groups in total. The minimum Gasteiger partial charge on any atom is -0.253 e. The third-order valence-electron chi connectivity index (χ3n) is 1.76. The Bertz CT molecular complexity index is 430. The summed E-state index contributed by atoms with van der Waals surface area (Å²) in [5, 5.41) is 4.63. The van der Waals surface area contributed by atoms with Crippen LogP contribution in [0.2, 0.25) is 0 Å². The Kier molecular flexibility index (Phi) is 3.20. The summed E-state index contributed by atoms with van der Waals surface area (Å²) < 4.78 is 38.2. The van der Waals surface area contributed by atoms with E-state index >= 15 is 0 Å². The van der Waals surface area contributed by atoms with Crippen molar-refractivity contribution in [2.45, 2.75) is 13.5 Å². The van der Waals surface area contributed by atoms with Gasteiger partial charge >= 0.3 is 10.3 Å². The zero-order chi connectivity index (χ0) is 10.8. The first-order valence-corrected chi connectivity index (χ1v) is 5.28. The molecule has 0 saturated heterocycles. The molecular formula is C8H10FNO3S. The summed E-state index contributed by atoms with van der Waals surface area (Å²) in [6.07, 6.45) is 0. The van der Waals surface area contributed by atoms with Crippen molar-refractivity contribution < 1.29 is 17.0 Å². The zero-order valence-electron chi connectivity index (χ0n) is 7.53. The number of hydrogen-bond donors (Lipinski definition) is 1. The van der Waals surface area contributed by atoms with E-state index < -0.39 is 16.1 Å². The van der Waals surface area contributed by atoms with Crippen LogP contribution in [0.3, 0.4) is 0 Å². The fourth-order valence-electron chi connectivity index (χ4n) is 0.954. The molecule has 0 fully saturated rings. The summed E-state index contributed by atoms with van der Waals surface area (Å²) in [5.74, 6) is -0.402. The minimum absolute atomic E-state index is 0.248. The van der Waals surface area contributed by atoms with Crippen LogP contribution >= 0.6 is 0 Å². The third kappa shape index (κ3) is 3.06. The van der Waals surface area contributed by atoms with Gasteiger partial charge in [-0.2, -0.15) is 8.42 Å². The predicted molar refractivity (Wildman–Crippen MR) is 49.0 cm³/mol. The van der Waals surface area contributed by atoms with Crippen molar-refractivity contribution in [1.29, 1.82) is 0 Å². The molecule has 0 radical (unpaired) electrons. The lowest BCUT2D eigenvalue weighted by Crippen LogP contribution is -2.15. The lowest BCUT2D eigenvalue weighted by Gasteiger charge is -2.05. The molecule has 0 atom stereocenters. The molecule has 1 aromatic carbocycles. The van der Waals surface area contributed by atoms with Crippen molar-refractivity contribution in [3.8, 4) is 0 Å². The highest BCUT2D eigenvalue weighted by atomic mass is 32.2. The molecule has 0 aromatic heterocycles. The highest BCUT2D eigenvalue weighted by molar-refractivity contribution is 7.84. The van der Waals surface area contributed by atoms with Crippen molar-refractivity contribution in [2.24, 2.45) is 5.14 Å². The second kappa shape index (κ2) is 4.04. The van der Waals surface area contributed by atoms with E-state index in [0.29, 0.717) is 11.1 Å². The van der Waals surface area contributed by atoms with E-state index in [1.165, 1.54) is 19.1 Å². The Balaban J connectivity index is 2.83. The van der Waals surface area contributed by atoms with Crippen molar-refractivity contribution in [2.75, 3.05) is 0 Å². The highest BCUT2D eigenvalue weighted by Crippen LogP contribution is 2.13. The molecule has 0 spiro atoms. The first-order chi connectivity index (χ1) is 6.40. The molecule has 1 rings (SSSR count). The molecule has 0 aliphatic heterocycles. The third-order valence-corrected chi connectivity index (χ3v) is 2.20. The van der Waals surface area contributed by atoms with Crippen LogP contribution in [0.25, 0.3) is 0 Å². The van der Waals surface area contributed by atoms with Gasteiger partial charge in [0.25, 0.3) is 0 Å². The van der Waals surface area contributed by atoms with Crippen LogP contribution in [-0.2, 0) is 21.1 Å². The number of hydrogen-bond acceptors (Lipinski definition) is 3. The van der Waals surface area contributed by atoms with Gasteiger partial charge in [0.1, 0.15) is 5.82 Å². The van der Waals surface area contributed by atoms with Gasteiger partial charge in [0.05, 0.1) is 6.61 Å².